The van der Waals surface area contributed by atoms with E-state index >= 15 is 0 Å². The summed E-state index contributed by atoms with van der Waals surface area (Å²) in [7, 11) is 1.50. The van der Waals surface area contributed by atoms with Gasteiger partial charge in [-0.1, -0.05) is 24.3 Å². The van der Waals surface area contributed by atoms with Crippen molar-refractivity contribution in [1.29, 1.82) is 5.26 Å². The minimum absolute atomic E-state index is 0.416. The van der Waals surface area contributed by atoms with Crippen LogP contribution in [0.15, 0.2) is 71.0 Å². The van der Waals surface area contributed by atoms with Crippen molar-refractivity contribution < 1.29 is 0 Å². The molecule has 0 aliphatic carbocycles. The first kappa shape index (κ1) is 19.6. The molecule has 0 aliphatic rings. The average Bonchev–Trinajstić information content (AvgIpc) is 2.75. The van der Waals surface area contributed by atoms with Gasteiger partial charge in [0.1, 0.15) is 5.69 Å². The molecule has 134 valence electrons. The first-order valence-corrected chi connectivity index (χ1v) is 8.22. The monoisotopic (exact) mass is 356 g/mol. The van der Waals surface area contributed by atoms with E-state index < -0.39 is 0 Å². The molecule has 0 fully saturated rings. The number of nitrogens with two attached hydrogens (primary N) is 1. The molecule has 6 nitrogen and oxygen atoms in total. The summed E-state index contributed by atoms with van der Waals surface area (Å²) < 4.78 is 0. The lowest BCUT2D eigenvalue weighted by Gasteiger charge is -2.07. The van der Waals surface area contributed by atoms with Gasteiger partial charge in [-0.2, -0.15) is 5.26 Å². The molecule has 1 heterocycles. The van der Waals surface area contributed by atoms with Crippen LogP contribution >= 0.6 is 0 Å². The fourth-order valence-electron chi connectivity index (χ4n) is 2.38. The predicted molar refractivity (Wildman–Crippen MR) is 109 cm³/mol. The number of hydrogen-bond donors (Lipinski definition) is 1. The van der Waals surface area contributed by atoms with E-state index in [9.17, 15) is 0 Å². The van der Waals surface area contributed by atoms with Crippen molar-refractivity contribution in [2.24, 2.45) is 15.7 Å². The van der Waals surface area contributed by atoms with Crippen molar-refractivity contribution in [2.75, 3.05) is 7.05 Å². The molecule has 6 heteroatoms. The molecular weight excluding hydrogens is 336 g/mol. The Bertz CT molecular complexity index is 987. The summed E-state index contributed by atoms with van der Waals surface area (Å²) in [5.41, 5.74) is 9.40. The zero-order valence-electron chi connectivity index (χ0n) is 15.3. The van der Waals surface area contributed by atoms with Gasteiger partial charge in [-0.3, -0.25) is 4.98 Å². The molecule has 0 atom stereocenters. The molecule has 0 radical (unpaired) electrons. The summed E-state index contributed by atoms with van der Waals surface area (Å²) in [5.74, 6) is 0.416. The molecule has 0 amide bonds. The lowest BCUT2D eigenvalue weighted by Crippen LogP contribution is -2.00. The summed E-state index contributed by atoms with van der Waals surface area (Å²) in [6.45, 7) is 5.56. The zero-order valence-corrected chi connectivity index (χ0v) is 15.3. The van der Waals surface area contributed by atoms with Crippen LogP contribution in [0.5, 0.6) is 0 Å². The van der Waals surface area contributed by atoms with Crippen molar-refractivity contribution in [3.05, 3.63) is 77.9 Å². The molecule has 3 rings (SSSR count). The van der Waals surface area contributed by atoms with Crippen molar-refractivity contribution in [3.63, 3.8) is 0 Å². The topological polar surface area (TPSA) is 100 Å². The Balaban J connectivity index is 0.00000126. The molecular formula is C21H20N6. The molecule has 0 bridgehead atoms. The van der Waals surface area contributed by atoms with Crippen molar-refractivity contribution in [1.82, 2.24) is 9.97 Å². The second kappa shape index (κ2) is 9.70. The smallest absolute Gasteiger partial charge is 0.179 e. The van der Waals surface area contributed by atoms with Gasteiger partial charge < -0.3 is 5.73 Å². The Morgan fingerprint density at radius 3 is 2.56 bits per heavy atom. The zero-order chi connectivity index (χ0) is 19.6. The summed E-state index contributed by atoms with van der Waals surface area (Å²) in [5, 5.41) is 9.08. The van der Waals surface area contributed by atoms with Gasteiger partial charge in [-0.05, 0) is 55.6 Å². The number of aliphatic imine (C=N–C) groups is 2. The van der Waals surface area contributed by atoms with Crippen LogP contribution in [0.1, 0.15) is 16.8 Å². The van der Waals surface area contributed by atoms with E-state index in [1.54, 1.807) is 24.7 Å². The van der Waals surface area contributed by atoms with Crippen LogP contribution in [0, 0.1) is 18.3 Å². The van der Waals surface area contributed by atoms with Gasteiger partial charge in [-0.15, -0.1) is 0 Å². The number of benzene rings is 2. The van der Waals surface area contributed by atoms with E-state index in [0.717, 1.165) is 22.4 Å². The number of aromatic nitrogens is 2. The van der Waals surface area contributed by atoms with E-state index in [0.29, 0.717) is 17.1 Å². The van der Waals surface area contributed by atoms with E-state index in [-0.39, 0.29) is 0 Å². The van der Waals surface area contributed by atoms with Crippen LogP contribution in [0.4, 0.5) is 5.69 Å². The molecule has 0 saturated carbocycles. The summed E-state index contributed by atoms with van der Waals surface area (Å²) in [4.78, 5) is 16.8. The van der Waals surface area contributed by atoms with Crippen molar-refractivity contribution >= 4 is 18.2 Å². The van der Waals surface area contributed by atoms with Crippen LogP contribution in [-0.4, -0.2) is 29.6 Å². The third-order valence-electron chi connectivity index (χ3n) is 3.70. The standard InChI is InChI=1S/C20H15N5.CH5N/c1-14-6-7-17(16-5-3-4-15(10-16)12-21)11-18(14)25-20(22-2)19-13-23-8-9-24-19;1-2/h3-11,13H,2H2,1H3;2H2,1H3. The van der Waals surface area contributed by atoms with Crippen LogP contribution in [-0.2, 0) is 0 Å². The lowest BCUT2D eigenvalue weighted by molar-refractivity contribution is 1.17. The third-order valence-corrected chi connectivity index (χ3v) is 3.70. The quantitative estimate of drug-likeness (QED) is 0.571. The Morgan fingerprint density at radius 1 is 1.11 bits per heavy atom. The number of hydrogen-bond acceptors (Lipinski definition) is 5. The summed E-state index contributed by atoms with van der Waals surface area (Å²) in [6.07, 6.45) is 4.79. The molecule has 2 N–H and O–H groups in total. The van der Waals surface area contributed by atoms with Gasteiger partial charge in [0.15, 0.2) is 5.84 Å². The van der Waals surface area contributed by atoms with E-state index in [4.69, 9.17) is 5.26 Å². The molecule has 0 saturated heterocycles. The highest BCUT2D eigenvalue weighted by molar-refractivity contribution is 6.01. The molecule has 2 aromatic carbocycles. The summed E-state index contributed by atoms with van der Waals surface area (Å²) in [6, 6.07) is 15.6. The number of rotatable bonds is 3. The highest BCUT2D eigenvalue weighted by atomic mass is 14.9. The van der Waals surface area contributed by atoms with E-state index in [1.807, 2.05) is 43.3 Å². The first-order chi connectivity index (χ1) is 13.2. The normalized spacial score (nSPS) is 10.4. The van der Waals surface area contributed by atoms with Gasteiger partial charge in [-0.25, -0.2) is 15.0 Å². The second-order valence-corrected chi connectivity index (χ2v) is 5.38. The maximum Gasteiger partial charge on any atom is 0.179 e. The maximum absolute atomic E-state index is 9.08. The Morgan fingerprint density at radius 2 is 1.89 bits per heavy atom. The molecule has 0 aliphatic heterocycles. The van der Waals surface area contributed by atoms with E-state index in [1.165, 1.54) is 7.05 Å². The van der Waals surface area contributed by atoms with Gasteiger partial charge in [0.25, 0.3) is 0 Å². The fraction of sp³-hybridized carbons (Fsp3) is 0.0952. The van der Waals surface area contributed by atoms with Crippen molar-refractivity contribution in [2.45, 2.75) is 6.92 Å². The lowest BCUT2D eigenvalue weighted by atomic mass is 10.0. The molecule has 0 unspecified atom stereocenters. The minimum atomic E-state index is 0.416. The number of nitrogens with zero attached hydrogens (tertiary/aromatic N) is 5. The van der Waals surface area contributed by atoms with Crippen LogP contribution < -0.4 is 5.73 Å². The van der Waals surface area contributed by atoms with Crippen LogP contribution in [0.3, 0.4) is 0 Å². The number of aryl methyl sites for hydroxylation is 1. The first-order valence-electron chi connectivity index (χ1n) is 8.22. The van der Waals surface area contributed by atoms with E-state index in [2.05, 4.69) is 38.5 Å². The Labute approximate surface area is 158 Å². The van der Waals surface area contributed by atoms with Crippen LogP contribution in [0.2, 0.25) is 0 Å². The van der Waals surface area contributed by atoms with Crippen LogP contribution in [0.25, 0.3) is 11.1 Å². The van der Waals surface area contributed by atoms with Gasteiger partial charge in [0, 0.05) is 12.4 Å². The third kappa shape index (κ3) is 4.91. The predicted octanol–water partition coefficient (Wildman–Crippen LogP) is 3.68. The summed E-state index contributed by atoms with van der Waals surface area (Å²) >= 11 is 0. The Kier molecular flexibility index (Phi) is 7.06. The Hall–Kier alpha value is -3.69. The number of amidine groups is 1. The number of nitriles is 1. The molecule has 3 aromatic rings. The molecule has 1 aromatic heterocycles. The van der Waals surface area contributed by atoms with Gasteiger partial charge in [0.2, 0.25) is 0 Å². The van der Waals surface area contributed by atoms with Gasteiger partial charge >= 0.3 is 0 Å². The van der Waals surface area contributed by atoms with Crippen molar-refractivity contribution in [3.8, 4) is 17.2 Å². The fourth-order valence-corrected chi connectivity index (χ4v) is 2.38. The average molecular weight is 356 g/mol. The highest BCUT2D eigenvalue weighted by Crippen LogP contribution is 2.28. The SMILES string of the molecule is C=NC(=Nc1cc(-c2cccc(C#N)c2)ccc1C)c1cnccn1.CN. The second-order valence-electron chi connectivity index (χ2n) is 5.38. The largest absolute Gasteiger partial charge is 0.333 e. The highest BCUT2D eigenvalue weighted by Gasteiger charge is 2.07. The maximum atomic E-state index is 9.08. The van der Waals surface area contributed by atoms with Gasteiger partial charge in [0.05, 0.1) is 23.5 Å². The molecule has 0 spiro atoms. The minimum Gasteiger partial charge on any atom is -0.333 e. The molecule has 27 heavy (non-hydrogen) atoms.